The van der Waals surface area contributed by atoms with E-state index in [1.165, 1.54) is 26.6 Å². The van der Waals surface area contributed by atoms with Crippen LogP contribution in [-0.2, 0) is 4.79 Å². The number of nitrogens with two attached hydrogens (primary N) is 1. The smallest absolute Gasteiger partial charge is 0.257 e. The molecule has 9 nitrogen and oxygen atoms in total. The van der Waals surface area contributed by atoms with E-state index in [0.29, 0.717) is 28.3 Å². The number of nitrogens with one attached hydrogen (secondary N) is 2. The first-order chi connectivity index (χ1) is 15.4. The van der Waals surface area contributed by atoms with Crippen LogP contribution in [0.4, 0.5) is 11.4 Å². The molecule has 0 radical (unpaired) electrons. The quantitative estimate of drug-likeness (QED) is 0.578. The molecule has 4 N–H and O–H groups in total. The lowest BCUT2D eigenvalue weighted by Crippen LogP contribution is -2.30. The van der Waals surface area contributed by atoms with Crippen LogP contribution >= 0.6 is 0 Å². The number of amides is 3. The van der Waals surface area contributed by atoms with Gasteiger partial charge < -0.3 is 30.7 Å². The molecule has 3 rings (SSSR count). The predicted octanol–water partition coefficient (Wildman–Crippen LogP) is 2.16. The Hall–Kier alpha value is -3.75. The monoisotopic (exact) mass is 440 g/mol. The molecule has 1 fully saturated rings. The Kier molecular flexibility index (Phi) is 7.54. The van der Waals surface area contributed by atoms with Crippen LogP contribution in [-0.4, -0.2) is 51.6 Å². The SMILES string of the molecule is CNC(=O)COc1ccc(C(=O)Nc2cc(C(N)=O)ccc2N2CCCCC2)cc1OC. The Labute approximate surface area is 186 Å². The van der Waals surface area contributed by atoms with Crippen molar-refractivity contribution in [2.45, 2.75) is 19.3 Å². The van der Waals surface area contributed by atoms with Crippen molar-refractivity contribution in [2.75, 3.05) is 44.1 Å². The largest absolute Gasteiger partial charge is 0.493 e. The van der Waals surface area contributed by atoms with Gasteiger partial charge in [0.25, 0.3) is 11.8 Å². The molecular formula is C23H28N4O5. The van der Waals surface area contributed by atoms with E-state index in [2.05, 4.69) is 15.5 Å². The lowest BCUT2D eigenvalue weighted by atomic mass is 10.1. The molecule has 0 aliphatic carbocycles. The predicted molar refractivity (Wildman–Crippen MR) is 122 cm³/mol. The van der Waals surface area contributed by atoms with Gasteiger partial charge in [-0.2, -0.15) is 0 Å². The summed E-state index contributed by atoms with van der Waals surface area (Å²) < 4.78 is 10.8. The number of hydrogen-bond acceptors (Lipinski definition) is 6. The minimum Gasteiger partial charge on any atom is -0.493 e. The summed E-state index contributed by atoms with van der Waals surface area (Å²) in [5.41, 5.74) is 7.46. The van der Waals surface area contributed by atoms with E-state index in [1.54, 1.807) is 24.3 Å². The molecule has 32 heavy (non-hydrogen) atoms. The van der Waals surface area contributed by atoms with Crippen molar-refractivity contribution in [1.29, 1.82) is 0 Å². The third-order valence-corrected chi connectivity index (χ3v) is 5.29. The molecule has 0 unspecified atom stereocenters. The number of carbonyl (C=O) groups excluding carboxylic acids is 3. The number of primary amides is 1. The second-order valence-corrected chi connectivity index (χ2v) is 7.43. The van der Waals surface area contributed by atoms with Crippen LogP contribution in [0.2, 0.25) is 0 Å². The number of nitrogens with zero attached hydrogens (tertiary/aromatic N) is 1. The summed E-state index contributed by atoms with van der Waals surface area (Å²) in [6.07, 6.45) is 3.31. The van der Waals surface area contributed by atoms with Crippen molar-refractivity contribution in [3.05, 3.63) is 47.5 Å². The van der Waals surface area contributed by atoms with E-state index in [0.717, 1.165) is 31.6 Å². The fourth-order valence-electron chi connectivity index (χ4n) is 3.54. The summed E-state index contributed by atoms with van der Waals surface area (Å²) in [6.45, 7) is 1.59. The van der Waals surface area contributed by atoms with Gasteiger partial charge in [-0.15, -0.1) is 0 Å². The van der Waals surface area contributed by atoms with Gasteiger partial charge >= 0.3 is 0 Å². The second kappa shape index (κ2) is 10.5. The highest BCUT2D eigenvalue weighted by molar-refractivity contribution is 6.07. The molecule has 3 amide bonds. The van der Waals surface area contributed by atoms with Crippen molar-refractivity contribution < 1.29 is 23.9 Å². The molecule has 2 aromatic carbocycles. The third-order valence-electron chi connectivity index (χ3n) is 5.29. The molecule has 0 atom stereocenters. The molecule has 1 heterocycles. The Morgan fingerprint density at radius 3 is 2.38 bits per heavy atom. The van der Waals surface area contributed by atoms with Gasteiger partial charge in [0, 0.05) is 31.3 Å². The Balaban J connectivity index is 1.84. The summed E-state index contributed by atoms with van der Waals surface area (Å²) in [5, 5.41) is 5.37. The number of carbonyl (C=O) groups is 3. The summed E-state index contributed by atoms with van der Waals surface area (Å²) in [4.78, 5) is 38.3. The highest BCUT2D eigenvalue weighted by atomic mass is 16.5. The van der Waals surface area contributed by atoms with Gasteiger partial charge in [-0.3, -0.25) is 14.4 Å². The van der Waals surface area contributed by atoms with Gasteiger partial charge in [-0.05, 0) is 55.7 Å². The fourth-order valence-corrected chi connectivity index (χ4v) is 3.54. The molecule has 0 bridgehead atoms. The van der Waals surface area contributed by atoms with E-state index in [-0.39, 0.29) is 18.4 Å². The molecule has 0 spiro atoms. The number of rotatable bonds is 8. The second-order valence-electron chi connectivity index (χ2n) is 7.43. The van der Waals surface area contributed by atoms with Gasteiger partial charge in [-0.1, -0.05) is 0 Å². The summed E-state index contributed by atoms with van der Waals surface area (Å²) in [5.74, 6) is -0.555. The number of methoxy groups -OCH3 is 1. The standard InChI is InChI=1S/C23H28N4O5/c1-25-21(28)14-32-19-9-7-16(13-20(19)31-2)23(30)26-17-12-15(22(24)29)6-8-18(17)27-10-4-3-5-11-27/h6-9,12-13H,3-5,10-11,14H2,1-2H3,(H2,24,29)(H,25,28)(H,26,30). The minimum absolute atomic E-state index is 0.169. The lowest BCUT2D eigenvalue weighted by molar-refractivity contribution is -0.122. The van der Waals surface area contributed by atoms with Crippen molar-refractivity contribution in [3.8, 4) is 11.5 Å². The van der Waals surface area contributed by atoms with Crippen LogP contribution < -0.4 is 30.7 Å². The normalized spacial score (nSPS) is 13.2. The summed E-state index contributed by atoms with van der Waals surface area (Å²) in [7, 11) is 2.97. The maximum atomic E-state index is 13.0. The molecule has 1 saturated heterocycles. The Morgan fingerprint density at radius 1 is 1.00 bits per heavy atom. The number of benzene rings is 2. The van der Waals surface area contributed by atoms with Crippen molar-refractivity contribution in [3.63, 3.8) is 0 Å². The highest BCUT2D eigenvalue weighted by Crippen LogP contribution is 2.32. The minimum atomic E-state index is -0.565. The average Bonchev–Trinajstić information content (AvgIpc) is 2.82. The molecule has 9 heteroatoms. The van der Waals surface area contributed by atoms with Gasteiger partial charge in [-0.25, -0.2) is 0 Å². The van der Waals surface area contributed by atoms with E-state index < -0.39 is 5.91 Å². The number of hydrogen-bond donors (Lipinski definition) is 3. The first-order valence-electron chi connectivity index (χ1n) is 10.4. The first kappa shape index (κ1) is 22.9. The summed E-state index contributed by atoms with van der Waals surface area (Å²) in [6, 6.07) is 9.77. The summed E-state index contributed by atoms with van der Waals surface area (Å²) >= 11 is 0. The van der Waals surface area contributed by atoms with Crippen LogP contribution in [0.1, 0.15) is 40.0 Å². The van der Waals surface area contributed by atoms with Gasteiger partial charge in [0.1, 0.15) is 0 Å². The molecule has 2 aromatic rings. The van der Waals surface area contributed by atoms with Crippen LogP contribution in [0, 0.1) is 0 Å². The molecule has 1 aliphatic heterocycles. The van der Waals surface area contributed by atoms with Gasteiger partial charge in [0.2, 0.25) is 5.91 Å². The van der Waals surface area contributed by atoms with Crippen molar-refractivity contribution in [1.82, 2.24) is 5.32 Å². The van der Waals surface area contributed by atoms with Crippen molar-refractivity contribution >= 4 is 29.1 Å². The first-order valence-corrected chi connectivity index (χ1v) is 10.4. The number of likely N-dealkylation sites (N-methyl/N-ethyl adjacent to an activating group) is 1. The van der Waals surface area contributed by atoms with Gasteiger partial charge in [0.15, 0.2) is 18.1 Å². The fraction of sp³-hybridized carbons (Fsp3) is 0.348. The zero-order chi connectivity index (χ0) is 23.1. The van der Waals surface area contributed by atoms with Crippen LogP contribution in [0.3, 0.4) is 0 Å². The van der Waals surface area contributed by atoms with Crippen molar-refractivity contribution in [2.24, 2.45) is 5.73 Å². The zero-order valence-corrected chi connectivity index (χ0v) is 18.3. The molecular weight excluding hydrogens is 412 g/mol. The Morgan fingerprint density at radius 2 is 1.72 bits per heavy atom. The van der Waals surface area contributed by atoms with Crippen LogP contribution in [0.15, 0.2) is 36.4 Å². The van der Waals surface area contributed by atoms with Crippen LogP contribution in [0.5, 0.6) is 11.5 Å². The van der Waals surface area contributed by atoms with Gasteiger partial charge in [0.05, 0.1) is 18.5 Å². The number of piperidine rings is 1. The van der Waals surface area contributed by atoms with E-state index in [9.17, 15) is 14.4 Å². The van der Waals surface area contributed by atoms with E-state index in [1.807, 2.05) is 6.07 Å². The number of anilines is 2. The topological polar surface area (TPSA) is 123 Å². The molecule has 0 saturated carbocycles. The molecule has 1 aliphatic rings. The van der Waals surface area contributed by atoms with E-state index in [4.69, 9.17) is 15.2 Å². The number of ether oxygens (including phenoxy) is 2. The van der Waals surface area contributed by atoms with E-state index >= 15 is 0 Å². The van der Waals surface area contributed by atoms with Crippen LogP contribution in [0.25, 0.3) is 0 Å². The lowest BCUT2D eigenvalue weighted by Gasteiger charge is -2.30. The highest BCUT2D eigenvalue weighted by Gasteiger charge is 2.19. The maximum Gasteiger partial charge on any atom is 0.257 e. The Bertz CT molecular complexity index is 1000. The maximum absolute atomic E-state index is 13.0. The third kappa shape index (κ3) is 5.48. The molecule has 0 aromatic heterocycles. The molecule has 170 valence electrons. The zero-order valence-electron chi connectivity index (χ0n) is 18.3. The average molecular weight is 441 g/mol.